The molecule has 6 nitrogen and oxygen atoms in total. The van der Waals surface area contributed by atoms with E-state index in [4.69, 9.17) is 5.26 Å². The van der Waals surface area contributed by atoms with E-state index in [2.05, 4.69) is 10.1 Å². The highest BCUT2D eigenvalue weighted by atomic mass is 32.1. The van der Waals surface area contributed by atoms with E-state index in [0.717, 1.165) is 17.4 Å². The number of hydrogen-bond acceptors (Lipinski definition) is 5. The Hall–Kier alpha value is -3.71. The fourth-order valence-corrected chi connectivity index (χ4v) is 4.09. The maximum absolute atomic E-state index is 13.4. The summed E-state index contributed by atoms with van der Waals surface area (Å²) in [6.45, 7) is 0.456. The highest BCUT2D eigenvalue weighted by Gasteiger charge is 2.34. The molecule has 31 heavy (non-hydrogen) atoms. The van der Waals surface area contributed by atoms with Crippen molar-refractivity contribution in [1.29, 1.82) is 5.26 Å². The molecule has 0 fully saturated rings. The third-order valence-electron chi connectivity index (χ3n) is 4.54. The number of para-hydroxylation sites is 1. The van der Waals surface area contributed by atoms with E-state index in [1.807, 2.05) is 6.07 Å². The first-order chi connectivity index (χ1) is 14.9. The molecule has 1 amide bonds. The van der Waals surface area contributed by atoms with Gasteiger partial charge >= 0.3 is 6.18 Å². The summed E-state index contributed by atoms with van der Waals surface area (Å²) in [5, 5.41) is 13.4. The number of amides is 1. The minimum atomic E-state index is -4.56. The number of hydrogen-bond donors (Lipinski definition) is 0. The van der Waals surface area contributed by atoms with E-state index in [0.29, 0.717) is 16.8 Å². The van der Waals surface area contributed by atoms with Crippen LogP contribution in [0.5, 0.6) is 0 Å². The first kappa shape index (κ1) is 20.6. The number of halogens is 3. The molecule has 0 radical (unpaired) electrons. The lowest BCUT2D eigenvalue weighted by Gasteiger charge is -2.20. The van der Waals surface area contributed by atoms with Crippen LogP contribution in [-0.4, -0.2) is 27.2 Å². The Kier molecular flexibility index (Phi) is 5.44. The number of aromatic nitrogens is 3. The van der Waals surface area contributed by atoms with Gasteiger partial charge in [-0.2, -0.15) is 23.5 Å². The molecule has 4 rings (SSSR count). The molecular formula is C21H14F3N5OS. The summed E-state index contributed by atoms with van der Waals surface area (Å²) < 4.78 is 42.2. The summed E-state index contributed by atoms with van der Waals surface area (Å²) >= 11 is 1.01. The van der Waals surface area contributed by atoms with Gasteiger partial charge in [0, 0.05) is 24.5 Å². The number of benzene rings is 2. The molecule has 4 aromatic rings. The molecule has 0 bridgehead atoms. The summed E-state index contributed by atoms with van der Waals surface area (Å²) in [7, 11) is 0. The zero-order valence-corrected chi connectivity index (χ0v) is 16.7. The lowest BCUT2D eigenvalue weighted by atomic mass is 10.1. The van der Waals surface area contributed by atoms with Gasteiger partial charge in [0.25, 0.3) is 5.91 Å². The third kappa shape index (κ3) is 4.27. The highest BCUT2D eigenvalue weighted by Crippen LogP contribution is 2.38. The van der Waals surface area contributed by atoms with Crippen molar-refractivity contribution in [3.63, 3.8) is 0 Å². The molecule has 0 spiro atoms. The molecule has 0 unspecified atom stereocenters. The van der Waals surface area contributed by atoms with Gasteiger partial charge < -0.3 is 0 Å². The molecule has 0 atom stereocenters. The van der Waals surface area contributed by atoms with Crippen molar-refractivity contribution in [2.75, 3.05) is 11.4 Å². The SMILES string of the molecule is N#Cc1cccc(C(=O)N(CCn2cccn2)c2nc3c(C(F)(F)F)cccc3s2)c1. The number of nitriles is 1. The first-order valence-corrected chi connectivity index (χ1v) is 9.94. The zero-order chi connectivity index (χ0) is 22.0. The van der Waals surface area contributed by atoms with Crippen LogP contribution in [0.3, 0.4) is 0 Å². The van der Waals surface area contributed by atoms with E-state index in [-0.39, 0.29) is 22.8 Å². The van der Waals surface area contributed by atoms with E-state index in [1.165, 1.54) is 23.1 Å². The number of thiazole rings is 1. The van der Waals surface area contributed by atoms with Crippen molar-refractivity contribution in [2.45, 2.75) is 12.7 Å². The van der Waals surface area contributed by atoms with Crippen LogP contribution >= 0.6 is 11.3 Å². The van der Waals surface area contributed by atoms with Crippen molar-refractivity contribution < 1.29 is 18.0 Å². The van der Waals surface area contributed by atoms with Crippen LogP contribution in [0.25, 0.3) is 10.2 Å². The third-order valence-corrected chi connectivity index (χ3v) is 5.58. The Bertz CT molecular complexity index is 1270. The van der Waals surface area contributed by atoms with E-state index < -0.39 is 17.6 Å². The van der Waals surface area contributed by atoms with Gasteiger partial charge in [-0.1, -0.05) is 23.5 Å². The Morgan fingerprint density at radius 2 is 2.00 bits per heavy atom. The molecule has 0 aliphatic heterocycles. The molecule has 2 aromatic carbocycles. The van der Waals surface area contributed by atoms with Gasteiger partial charge in [0.1, 0.15) is 0 Å². The van der Waals surface area contributed by atoms with Crippen LogP contribution < -0.4 is 4.90 Å². The fraction of sp³-hybridized carbons (Fsp3) is 0.143. The number of nitrogens with zero attached hydrogens (tertiary/aromatic N) is 5. The van der Waals surface area contributed by atoms with Crippen molar-refractivity contribution >= 4 is 32.6 Å². The highest BCUT2D eigenvalue weighted by molar-refractivity contribution is 7.22. The van der Waals surface area contributed by atoms with Gasteiger partial charge in [-0.05, 0) is 36.4 Å². The van der Waals surface area contributed by atoms with E-state index >= 15 is 0 Å². The molecule has 0 aliphatic carbocycles. The van der Waals surface area contributed by atoms with Crippen LogP contribution in [0.1, 0.15) is 21.5 Å². The molecule has 0 saturated heterocycles. The molecule has 10 heteroatoms. The molecule has 2 aromatic heterocycles. The van der Waals surface area contributed by atoms with Crippen LogP contribution in [0.4, 0.5) is 18.3 Å². The van der Waals surface area contributed by atoms with Crippen LogP contribution in [0.2, 0.25) is 0 Å². The predicted molar refractivity (Wildman–Crippen MR) is 110 cm³/mol. The van der Waals surface area contributed by atoms with Crippen LogP contribution in [-0.2, 0) is 12.7 Å². The Labute approximate surface area is 178 Å². The average Bonchev–Trinajstić information content (AvgIpc) is 3.42. The van der Waals surface area contributed by atoms with Gasteiger partial charge in [-0.25, -0.2) is 4.98 Å². The second-order valence-corrected chi connectivity index (χ2v) is 7.57. The molecular weight excluding hydrogens is 427 g/mol. The van der Waals surface area contributed by atoms with Gasteiger partial charge in [-0.15, -0.1) is 0 Å². The number of anilines is 1. The summed E-state index contributed by atoms with van der Waals surface area (Å²) in [5.41, 5.74) is -0.493. The minimum Gasteiger partial charge on any atom is -0.282 e. The van der Waals surface area contributed by atoms with Crippen LogP contribution in [0, 0.1) is 11.3 Å². The second kappa shape index (κ2) is 8.20. The quantitative estimate of drug-likeness (QED) is 0.449. The van der Waals surface area contributed by atoms with Crippen molar-refractivity contribution in [1.82, 2.24) is 14.8 Å². The Balaban J connectivity index is 1.76. The number of alkyl halides is 3. The lowest BCUT2D eigenvalue weighted by Crippen LogP contribution is -2.34. The Morgan fingerprint density at radius 3 is 2.71 bits per heavy atom. The molecule has 156 valence electrons. The Morgan fingerprint density at radius 1 is 1.19 bits per heavy atom. The number of carbonyl (C=O) groups excluding carboxylic acids is 1. The minimum absolute atomic E-state index is 0.137. The predicted octanol–water partition coefficient (Wildman–Crippen LogP) is 4.73. The monoisotopic (exact) mass is 441 g/mol. The van der Waals surface area contributed by atoms with Gasteiger partial charge in [0.05, 0.1) is 34.0 Å². The van der Waals surface area contributed by atoms with Crippen molar-refractivity contribution in [3.8, 4) is 6.07 Å². The van der Waals surface area contributed by atoms with E-state index in [9.17, 15) is 18.0 Å². The topological polar surface area (TPSA) is 74.8 Å². The smallest absolute Gasteiger partial charge is 0.282 e. The summed E-state index contributed by atoms with van der Waals surface area (Å²) in [6, 6.07) is 13.7. The van der Waals surface area contributed by atoms with Crippen molar-refractivity contribution in [3.05, 3.63) is 77.6 Å². The van der Waals surface area contributed by atoms with Gasteiger partial charge in [0.15, 0.2) is 5.13 Å². The number of rotatable bonds is 5. The normalized spacial score (nSPS) is 11.4. The number of fused-ring (bicyclic) bond motifs is 1. The summed E-state index contributed by atoms with van der Waals surface area (Å²) in [6.07, 6.45) is -1.25. The van der Waals surface area contributed by atoms with Crippen molar-refractivity contribution in [2.24, 2.45) is 0 Å². The largest absolute Gasteiger partial charge is 0.418 e. The standard InChI is InChI=1S/C21H14F3N5OS/c22-21(23,24)16-6-2-7-17-18(16)27-20(31-17)29(11-10-28-9-3-8-26-28)19(30)15-5-1-4-14(12-15)13-25/h1-9,12H,10-11H2. The average molecular weight is 441 g/mol. The van der Waals surface area contributed by atoms with Crippen LogP contribution in [0.15, 0.2) is 60.9 Å². The van der Waals surface area contributed by atoms with Gasteiger partial charge in [0.2, 0.25) is 0 Å². The first-order valence-electron chi connectivity index (χ1n) is 9.13. The molecule has 0 aliphatic rings. The molecule has 2 heterocycles. The molecule has 0 N–H and O–H groups in total. The molecule has 0 saturated carbocycles. The van der Waals surface area contributed by atoms with Gasteiger partial charge in [-0.3, -0.25) is 14.4 Å². The fourth-order valence-electron chi connectivity index (χ4n) is 3.08. The summed E-state index contributed by atoms with van der Waals surface area (Å²) in [4.78, 5) is 18.8. The maximum atomic E-state index is 13.4. The maximum Gasteiger partial charge on any atom is 0.418 e. The summed E-state index contributed by atoms with van der Waals surface area (Å²) in [5.74, 6) is -0.461. The second-order valence-electron chi connectivity index (χ2n) is 6.57. The lowest BCUT2D eigenvalue weighted by molar-refractivity contribution is -0.136. The van der Waals surface area contributed by atoms with E-state index in [1.54, 1.807) is 41.3 Å². The zero-order valence-electron chi connectivity index (χ0n) is 15.9. The number of carbonyl (C=O) groups is 1.